The van der Waals surface area contributed by atoms with E-state index in [2.05, 4.69) is 26.6 Å². The van der Waals surface area contributed by atoms with Crippen LogP contribution >= 0.6 is 0 Å². The Morgan fingerprint density at radius 3 is 2.29 bits per heavy atom. The van der Waals surface area contributed by atoms with Crippen molar-refractivity contribution in [1.82, 2.24) is 10.3 Å². The zero-order chi connectivity index (χ0) is 31.8. The minimum atomic E-state index is -2.23. The molecule has 4 aromatic carbocycles. The summed E-state index contributed by atoms with van der Waals surface area (Å²) in [6.07, 6.45) is 3.48. The van der Waals surface area contributed by atoms with E-state index in [0.717, 1.165) is 33.8 Å². The summed E-state index contributed by atoms with van der Waals surface area (Å²) >= 11 is 0. The Labute approximate surface area is 255 Å². The lowest BCUT2D eigenvalue weighted by Crippen LogP contribution is -2.26. The van der Waals surface area contributed by atoms with E-state index in [1.54, 1.807) is 26.4 Å². The second kappa shape index (κ2) is 12.0. The first-order valence-corrected chi connectivity index (χ1v) is 13.9. The molecule has 1 aromatic heterocycles. The lowest BCUT2D eigenvalue weighted by molar-refractivity contribution is 0.382. The van der Waals surface area contributed by atoms with Gasteiger partial charge in [0.1, 0.15) is 23.0 Å². The lowest BCUT2D eigenvalue weighted by atomic mass is 9.99. The highest BCUT2D eigenvalue weighted by Gasteiger charge is 2.27. The smallest absolute Gasteiger partial charge is 0.200 e. The maximum atomic E-state index is 14.5. The number of rotatable bonds is 8. The van der Waals surface area contributed by atoms with Crippen molar-refractivity contribution < 1.29 is 31.4 Å². The molecule has 6 nitrogen and oxygen atoms in total. The summed E-state index contributed by atoms with van der Waals surface area (Å²) < 4.78 is 81.4. The van der Waals surface area contributed by atoms with Crippen LogP contribution in [-0.4, -0.2) is 25.7 Å². The van der Waals surface area contributed by atoms with E-state index < -0.39 is 34.8 Å². The van der Waals surface area contributed by atoms with Gasteiger partial charge in [-0.1, -0.05) is 30.3 Å². The number of anilines is 4. The molecule has 0 unspecified atom stereocenters. The van der Waals surface area contributed by atoms with Crippen molar-refractivity contribution in [2.75, 3.05) is 31.0 Å². The highest BCUT2D eigenvalue weighted by molar-refractivity contribution is 6.04. The summed E-state index contributed by atoms with van der Waals surface area (Å²) in [5.41, 5.74) is 4.25. The van der Waals surface area contributed by atoms with Crippen LogP contribution in [0.25, 0.3) is 16.5 Å². The molecule has 6 rings (SSSR count). The van der Waals surface area contributed by atoms with Crippen molar-refractivity contribution >= 4 is 39.3 Å². The third-order valence-electron chi connectivity index (χ3n) is 7.77. The molecule has 2 N–H and O–H groups in total. The van der Waals surface area contributed by atoms with E-state index >= 15 is 0 Å². The number of ether oxygens (including phenoxy) is 2. The first-order chi connectivity index (χ1) is 21.7. The van der Waals surface area contributed by atoms with Crippen LogP contribution in [0.3, 0.4) is 0 Å². The Bertz CT molecular complexity index is 1950. The molecule has 230 valence electrons. The van der Waals surface area contributed by atoms with Gasteiger partial charge in [0.05, 0.1) is 25.6 Å². The molecule has 0 amide bonds. The SMILES string of the molecule is COc1ccc(CNC2=CCN(c3c(C)ccc4c(Nc5c(F)c(F)c(F)c(F)c5F)nccc34)c3ccccc32)c(OC)c1. The Kier molecular flexibility index (Phi) is 7.92. The number of methoxy groups -OCH3 is 2. The lowest BCUT2D eigenvalue weighted by Gasteiger charge is -2.33. The number of nitrogens with one attached hydrogen (secondary N) is 2. The van der Waals surface area contributed by atoms with Crippen LogP contribution < -0.4 is 25.0 Å². The number of fused-ring (bicyclic) bond motifs is 2. The fraction of sp³-hybridized carbons (Fsp3) is 0.147. The summed E-state index contributed by atoms with van der Waals surface area (Å²) in [5, 5.41) is 6.97. The Morgan fingerprint density at radius 1 is 0.822 bits per heavy atom. The predicted molar refractivity (Wildman–Crippen MR) is 164 cm³/mol. The summed E-state index contributed by atoms with van der Waals surface area (Å²) in [7, 11) is 3.21. The number of hydrogen-bond acceptors (Lipinski definition) is 6. The van der Waals surface area contributed by atoms with Crippen molar-refractivity contribution in [3.63, 3.8) is 0 Å². The summed E-state index contributed by atoms with van der Waals surface area (Å²) in [4.78, 5) is 6.28. The zero-order valence-electron chi connectivity index (χ0n) is 24.4. The molecule has 0 saturated carbocycles. The monoisotopic (exact) mass is 618 g/mol. The Morgan fingerprint density at radius 2 is 1.56 bits per heavy atom. The zero-order valence-corrected chi connectivity index (χ0v) is 24.4. The maximum Gasteiger partial charge on any atom is 0.200 e. The van der Waals surface area contributed by atoms with Crippen LogP contribution in [-0.2, 0) is 6.54 Å². The topological polar surface area (TPSA) is 58.7 Å². The first-order valence-electron chi connectivity index (χ1n) is 13.9. The number of para-hydroxylation sites is 1. The normalized spacial score (nSPS) is 12.5. The number of nitrogens with zero attached hydrogens (tertiary/aromatic N) is 2. The van der Waals surface area contributed by atoms with E-state index in [9.17, 15) is 22.0 Å². The fourth-order valence-corrected chi connectivity index (χ4v) is 5.53. The molecule has 0 spiro atoms. The largest absolute Gasteiger partial charge is 0.497 e. The number of benzene rings is 4. The van der Waals surface area contributed by atoms with Gasteiger partial charge in [0, 0.05) is 52.9 Å². The third-order valence-corrected chi connectivity index (χ3v) is 7.77. The van der Waals surface area contributed by atoms with Crippen molar-refractivity contribution in [2.24, 2.45) is 0 Å². The fourth-order valence-electron chi connectivity index (χ4n) is 5.53. The van der Waals surface area contributed by atoms with Gasteiger partial charge in [-0.15, -0.1) is 0 Å². The molecule has 11 heteroatoms. The molecule has 0 atom stereocenters. The second-order valence-corrected chi connectivity index (χ2v) is 10.3. The quantitative estimate of drug-likeness (QED) is 0.104. The van der Waals surface area contributed by atoms with Crippen LogP contribution in [0.15, 0.2) is 72.9 Å². The highest BCUT2D eigenvalue weighted by Crippen LogP contribution is 2.42. The van der Waals surface area contributed by atoms with Crippen LogP contribution in [0.1, 0.15) is 16.7 Å². The van der Waals surface area contributed by atoms with Gasteiger partial charge >= 0.3 is 0 Å². The minimum Gasteiger partial charge on any atom is -0.497 e. The third kappa shape index (κ3) is 5.24. The molecule has 45 heavy (non-hydrogen) atoms. The predicted octanol–water partition coefficient (Wildman–Crippen LogP) is 8.28. The van der Waals surface area contributed by atoms with Gasteiger partial charge in [-0.2, -0.15) is 0 Å². The van der Waals surface area contributed by atoms with Crippen LogP contribution in [0.5, 0.6) is 11.5 Å². The molecule has 0 aliphatic carbocycles. The maximum absolute atomic E-state index is 14.5. The first kappa shape index (κ1) is 29.7. The molecule has 2 heterocycles. The molecule has 1 aliphatic rings. The van der Waals surface area contributed by atoms with E-state index in [4.69, 9.17) is 9.47 Å². The molecule has 0 bridgehead atoms. The standard InChI is InChI=1S/C34H27F5N4O2/c1-18-8-11-22-21(12-14-40-34(22)42-32-30(38)28(36)27(35)29(37)31(32)39)33(18)43-15-13-24(23-6-4-5-7-25(23)43)41-17-19-9-10-20(44-2)16-26(19)45-3/h4-14,16,41H,15,17H2,1-3H3,(H,40,42). The van der Waals surface area contributed by atoms with E-state index in [-0.39, 0.29) is 5.82 Å². The highest BCUT2D eigenvalue weighted by atomic mass is 19.2. The summed E-state index contributed by atoms with van der Waals surface area (Å²) in [6, 6.07) is 18.8. The molecule has 0 fully saturated rings. The summed E-state index contributed by atoms with van der Waals surface area (Å²) in [5.74, 6) is -8.93. The van der Waals surface area contributed by atoms with Crippen LogP contribution in [0.4, 0.5) is 44.8 Å². The van der Waals surface area contributed by atoms with Crippen LogP contribution in [0, 0.1) is 36.0 Å². The number of aromatic nitrogens is 1. The van der Waals surface area contributed by atoms with Crippen molar-refractivity contribution in [2.45, 2.75) is 13.5 Å². The minimum absolute atomic E-state index is 0.0615. The average Bonchev–Trinajstić information content (AvgIpc) is 3.07. The Hall–Kier alpha value is -5.32. The number of halogens is 5. The van der Waals surface area contributed by atoms with Crippen molar-refractivity contribution in [1.29, 1.82) is 0 Å². The number of hydrogen-bond donors (Lipinski definition) is 2. The average molecular weight is 619 g/mol. The second-order valence-electron chi connectivity index (χ2n) is 10.3. The summed E-state index contributed by atoms with van der Waals surface area (Å²) in [6.45, 7) is 2.91. The van der Waals surface area contributed by atoms with E-state index in [1.807, 2.05) is 55.5 Å². The molecule has 5 aromatic rings. The molecule has 0 saturated heterocycles. The number of pyridine rings is 1. The molecule has 0 radical (unpaired) electrons. The molecular weight excluding hydrogens is 591 g/mol. The van der Waals surface area contributed by atoms with Crippen LogP contribution in [0.2, 0.25) is 0 Å². The molecule has 1 aliphatic heterocycles. The van der Waals surface area contributed by atoms with Gasteiger partial charge in [0.15, 0.2) is 23.3 Å². The van der Waals surface area contributed by atoms with Gasteiger partial charge in [-0.05, 0) is 42.8 Å². The van der Waals surface area contributed by atoms with Gasteiger partial charge in [0.2, 0.25) is 5.82 Å². The van der Waals surface area contributed by atoms with E-state index in [0.29, 0.717) is 35.4 Å². The van der Waals surface area contributed by atoms with Gasteiger partial charge in [0.25, 0.3) is 0 Å². The van der Waals surface area contributed by atoms with Gasteiger partial charge in [-0.25, -0.2) is 26.9 Å². The van der Waals surface area contributed by atoms with Gasteiger partial charge in [-0.3, -0.25) is 0 Å². The molecular formula is C34H27F5N4O2. The Balaban J connectivity index is 1.37. The van der Waals surface area contributed by atoms with Gasteiger partial charge < -0.3 is 25.0 Å². The van der Waals surface area contributed by atoms with E-state index in [1.165, 1.54) is 6.20 Å². The van der Waals surface area contributed by atoms with Crippen molar-refractivity contribution in [3.8, 4) is 11.5 Å². The number of aryl methyl sites for hydroxylation is 1. The van der Waals surface area contributed by atoms with Crippen molar-refractivity contribution in [3.05, 3.63) is 119 Å².